The quantitative estimate of drug-likeness (QED) is 0.884. The maximum atomic E-state index is 10.6. The van der Waals surface area contributed by atoms with Crippen LogP contribution >= 0.6 is 11.3 Å². The van der Waals surface area contributed by atoms with E-state index in [1.165, 1.54) is 17.1 Å². The Hall–Kier alpha value is -1.88. The van der Waals surface area contributed by atoms with E-state index in [9.17, 15) is 4.79 Å². The van der Waals surface area contributed by atoms with E-state index in [4.69, 9.17) is 9.84 Å². The van der Waals surface area contributed by atoms with Crippen LogP contribution in [0.2, 0.25) is 0 Å². The summed E-state index contributed by atoms with van der Waals surface area (Å²) in [5, 5.41) is 10.7. The number of aromatic carboxylic acids is 1. The fraction of sp³-hybridized carbons (Fsp3) is 0.167. The molecule has 0 fully saturated rings. The topological polar surface area (TPSA) is 59.4 Å². The lowest BCUT2D eigenvalue weighted by molar-refractivity contribution is 0.0696. The lowest BCUT2D eigenvalue weighted by Crippen LogP contribution is -2.03. The van der Waals surface area contributed by atoms with Crippen LogP contribution in [0, 0.1) is 0 Å². The number of carbonyl (C=O) groups is 1. The third-order valence-electron chi connectivity index (χ3n) is 2.16. The van der Waals surface area contributed by atoms with E-state index in [0.717, 1.165) is 6.42 Å². The molecule has 0 radical (unpaired) electrons. The van der Waals surface area contributed by atoms with Gasteiger partial charge in [-0.3, -0.25) is 0 Å². The van der Waals surface area contributed by atoms with Crippen molar-refractivity contribution in [2.24, 2.45) is 0 Å². The van der Waals surface area contributed by atoms with Crippen LogP contribution in [0.15, 0.2) is 35.8 Å². The van der Waals surface area contributed by atoms with Crippen LogP contribution in [0.25, 0.3) is 0 Å². The largest absolute Gasteiger partial charge is 0.478 e. The molecule has 0 amide bonds. The summed E-state index contributed by atoms with van der Waals surface area (Å²) in [6, 6.07) is 7.10. The number of pyridine rings is 1. The lowest BCUT2D eigenvalue weighted by atomic mass is 10.3. The van der Waals surface area contributed by atoms with E-state index in [1.54, 1.807) is 17.4 Å². The molecule has 4 nitrogen and oxygen atoms in total. The highest BCUT2D eigenvalue weighted by Crippen LogP contribution is 2.11. The Morgan fingerprint density at radius 1 is 1.41 bits per heavy atom. The van der Waals surface area contributed by atoms with Crippen molar-refractivity contribution < 1.29 is 14.6 Å². The number of ether oxygens (including phenoxy) is 1. The van der Waals surface area contributed by atoms with Crippen LogP contribution in [0.3, 0.4) is 0 Å². The molecule has 88 valence electrons. The van der Waals surface area contributed by atoms with Gasteiger partial charge in [0.1, 0.15) is 0 Å². The van der Waals surface area contributed by atoms with Gasteiger partial charge in [0.25, 0.3) is 0 Å². The maximum Gasteiger partial charge on any atom is 0.337 e. The predicted octanol–water partition coefficient (Wildman–Crippen LogP) is 2.46. The molecule has 5 heteroatoms. The first-order valence-electron chi connectivity index (χ1n) is 5.10. The fourth-order valence-electron chi connectivity index (χ4n) is 1.30. The molecule has 0 saturated carbocycles. The average Bonchev–Trinajstić information content (AvgIpc) is 2.83. The van der Waals surface area contributed by atoms with Crippen molar-refractivity contribution in [1.82, 2.24) is 4.98 Å². The van der Waals surface area contributed by atoms with Gasteiger partial charge in [-0.25, -0.2) is 9.78 Å². The SMILES string of the molecule is O=C(O)c1ccc(OCCc2cccs2)nc1. The summed E-state index contributed by atoms with van der Waals surface area (Å²) in [7, 11) is 0. The zero-order valence-electron chi connectivity index (χ0n) is 9.00. The third-order valence-corrected chi connectivity index (χ3v) is 3.10. The van der Waals surface area contributed by atoms with Gasteiger partial charge in [0.05, 0.1) is 12.2 Å². The minimum absolute atomic E-state index is 0.163. The lowest BCUT2D eigenvalue weighted by Gasteiger charge is -2.03. The molecule has 2 aromatic rings. The van der Waals surface area contributed by atoms with E-state index in [0.29, 0.717) is 12.5 Å². The van der Waals surface area contributed by atoms with E-state index < -0.39 is 5.97 Å². The molecular weight excluding hydrogens is 238 g/mol. The molecule has 2 rings (SSSR count). The molecule has 0 saturated heterocycles. The Bertz CT molecular complexity index is 479. The molecule has 0 bridgehead atoms. The summed E-state index contributed by atoms with van der Waals surface area (Å²) in [5.74, 6) is -0.533. The van der Waals surface area contributed by atoms with Gasteiger partial charge in [-0.15, -0.1) is 11.3 Å². The molecule has 0 aliphatic carbocycles. The number of aromatic nitrogens is 1. The zero-order chi connectivity index (χ0) is 12.1. The maximum absolute atomic E-state index is 10.6. The summed E-state index contributed by atoms with van der Waals surface area (Å²) in [6.07, 6.45) is 2.13. The molecule has 0 aliphatic heterocycles. The van der Waals surface area contributed by atoms with Gasteiger partial charge in [0.15, 0.2) is 0 Å². The van der Waals surface area contributed by atoms with Gasteiger partial charge >= 0.3 is 5.97 Å². The van der Waals surface area contributed by atoms with Crippen LogP contribution < -0.4 is 4.74 Å². The first kappa shape index (κ1) is 11.6. The summed E-state index contributed by atoms with van der Waals surface area (Å²) >= 11 is 1.69. The molecule has 2 heterocycles. The first-order chi connectivity index (χ1) is 8.25. The molecule has 0 atom stereocenters. The van der Waals surface area contributed by atoms with Gasteiger partial charge in [0, 0.05) is 23.6 Å². The molecule has 1 N–H and O–H groups in total. The first-order valence-corrected chi connectivity index (χ1v) is 5.98. The van der Waals surface area contributed by atoms with Crippen LogP contribution in [0.1, 0.15) is 15.2 Å². The van der Waals surface area contributed by atoms with E-state index in [-0.39, 0.29) is 5.56 Å². The summed E-state index contributed by atoms with van der Waals surface area (Å²) in [6.45, 7) is 0.542. The van der Waals surface area contributed by atoms with E-state index in [1.807, 2.05) is 11.4 Å². The molecule has 2 aromatic heterocycles. The van der Waals surface area contributed by atoms with Gasteiger partial charge in [-0.2, -0.15) is 0 Å². The molecule has 0 aromatic carbocycles. The van der Waals surface area contributed by atoms with Crippen molar-refractivity contribution in [3.05, 3.63) is 46.3 Å². The van der Waals surface area contributed by atoms with E-state index in [2.05, 4.69) is 11.1 Å². The second-order valence-electron chi connectivity index (χ2n) is 3.37. The molecule has 0 aliphatic rings. The summed E-state index contributed by atoms with van der Waals surface area (Å²) in [4.78, 5) is 15.8. The molecular formula is C12H11NO3S. The number of carboxylic acids is 1. The Kier molecular flexibility index (Phi) is 3.72. The Labute approximate surface area is 103 Å². The molecule has 17 heavy (non-hydrogen) atoms. The van der Waals surface area contributed by atoms with Gasteiger partial charge < -0.3 is 9.84 Å². The number of rotatable bonds is 5. The van der Waals surface area contributed by atoms with Crippen molar-refractivity contribution in [3.8, 4) is 5.88 Å². The van der Waals surface area contributed by atoms with Crippen LogP contribution in [-0.4, -0.2) is 22.7 Å². The predicted molar refractivity (Wildman–Crippen MR) is 64.7 cm³/mol. The summed E-state index contributed by atoms with van der Waals surface area (Å²) < 4.78 is 5.42. The highest BCUT2D eigenvalue weighted by molar-refractivity contribution is 7.09. The number of hydrogen-bond acceptors (Lipinski definition) is 4. The van der Waals surface area contributed by atoms with Crippen molar-refractivity contribution in [1.29, 1.82) is 0 Å². The van der Waals surface area contributed by atoms with Crippen LogP contribution in [-0.2, 0) is 6.42 Å². The Balaban J connectivity index is 1.85. The van der Waals surface area contributed by atoms with Gasteiger partial charge in [-0.1, -0.05) is 6.07 Å². The highest BCUT2D eigenvalue weighted by Gasteiger charge is 2.03. The normalized spacial score (nSPS) is 10.1. The molecule has 0 spiro atoms. The minimum Gasteiger partial charge on any atom is -0.478 e. The minimum atomic E-state index is -0.984. The Morgan fingerprint density at radius 3 is 2.88 bits per heavy atom. The number of hydrogen-bond donors (Lipinski definition) is 1. The Morgan fingerprint density at radius 2 is 2.29 bits per heavy atom. The third kappa shape index (κ3) is 3.29. The monoisotopic (exact) mass is 249 g/mol. The van der Waals surface area contributed by atoms with Crippen LogP contribution in [0.5, 0.6) is 5.88 Å². The number of carboxylic acid groups (broad SMARTS) is 1. The highest BCUT2D eigenvalue weighted by atomic mass is 32.1. The van der Waals surface area contributed by atoms with Crippen molar-refractivity contribution in [3.63, 3.8) is 0 Å². The van der Waals surface area contributed by atoms with E-state index >= 15 is 0 Å². The average molecular weight is 249 g/mol. The second kappa shape index (κ2) is 5.45. The van der Waals surface area contributed by atoms with Crippen LogP contribution in [0.4, 0.5) is 0 Å². The van der Waals surface area contributed by atoms with Crippen molar-refractivity contribution in [2.45, 2.75) is 6.42 Å². The summed E-state index contributed by atoms with van der Waals surface area (Å²) in [5.41, 5.74) is 0.163. The standard InChI is InChI=1S/C12H11NO3S/c14-12(15)9-3-4-11(13-8-9)16-6-5-10-2-1-7-17-10/h1-4,7-8H,5-6H2,(H,14,15). The number of nitrogens with zero attached hydrogens (tertiary/aromatic N) is 1. The zero-order valence-corrected chi connectivity index (χ0v) is 9.81. The second-order valence-corrected chi connectivity index (χ2v) is 4.40. The van der Waals surface area contributed by atoms with Gasteiger partial charge in [-0.05, 0) is 17.5 Å². The number of thiophene rings is 1. The smallest absolute Gasteiger partial charge is 0.337 e. The van der Waals surface area contributed by atoms with Gasteiger partial charge in [0.2, 0.25) is 5.88 Å². The fourth-order valence-corrected chi connectivity index (χ4v) is 1.99. The molecule has 0 unspecified atom stereocenters. The van der Waals surface area contributed by atoms with Crippen molar-refractivity contribution >= 4 is 17.3 Å². The van der Waals surface area contributed by atoms with Crippen molar-refractivity contribution in [2.75, 3.05) is 6.61 Å².